The first kappa shape index (κ1) is 22.7. The summed E-state index contributed by atoms with van der Waals surface area (Å²) in [7, 11) is -10.2. The van der Waals surface area contributed by atoms with Crippen LogP contribution in [-0.4, -0.2) is 32.2 Å². The van der Waals surface area contributed by atoms with E-state index in [2.05, 4.69) is 0 Å². The Balaban J connectivity index is 5.60. The van der Waals surface area contributed by atoms with Gasteiger partial charge in [0.1, 0.15) is 0 Å². The Bertz CT molecular complexity index is 553. The fraction of sp³-hybridized carbons (Fsp3) is 1.00. The van der Waals surface area contributed by atoms with E-state index >= 15 is 0 Å². The van der Waals surface area contributed by atoms with E-state index in [0.717, 1.165) is 12.8 Å². The van der Waals surface area contributed by atoms with Gasteiger partial charge in [0.15, 0.2) is 13.9 Å². The second kappa shape index (κ2) is 8.69. The Morgan fingerprint density at radius 1 is 0.783 bits per heavy atom. The second-order valence-corrected chi connectivity index (χ2v) is 11.1. The van der Waals surface area contributed by atoms with Crippen LogP contribution in [-0.2, 0) is 19.7 Å². The first-order chi connectivity index (χ1) is 10.4. The lowest BCUT2D eigenvalue weighted by atomic mass is 10.2. The van der Waals surface area contributed by atoms with Crippen LogP contribution in [0.5, 0.6) is 0 Å². The van der Waals surface area contributed by atoms with Gasteiger partial charge in [-0.2, -0.15) is 13.2 Å². The maximum atomic E-state index is 13.0. The number of halogens is 3. The van der Waals surface area contributed by atoms with E-state index in [0.29, 0.717) is 26.2 Å². The fourth-order valence-electron chi connectivity index (χ4n) is 2.33. The van der Waals surface area contributed by atoms with Crippen LogP contribution in [0.2, 0.25) is 0 Å². The number of unbranched alkanes of at least 4 members (excludes halogenated alkanes) is 5. The molecule has 0 saturated heterocycles. The smallest absolute Gasteiger partial charge is 0.227 e. The van der Waals surface area contributed by atoms with Gasteiger partial charge >= 0.3 is 5.51 Å². The maximum absolute atomic E-state index is 13.0. The Labute approximate surface area is 137 Å². The Kier molecular flexibility index (Phi) is 8.57. The van der Waals surface area contributed by atoms with E-state index in [1.807, 2.05) is 6.92 Å². The number of rotatable bonds is 11. The predicted molar refractivity (Wildman–Crippen MR) is 85.5 cm³/mol. The lowest BCUT2D eigenvalue weighted by Crippen LogP contribution is -2.50. The normalized spacial score (nSPS) is 16.3. The second-order valence-electron chi connectivity index (χ2n) is 5.92. The first-order valence-electron chi connectivity index (χ1n) is 7.90. The van der Waals surface area contributed by atoms with Crippen molar-refractivity contribution in [3.63, 3.8) is 0 Å². The average molecular weight is 380 g/mol. The van der Waals surface area contributed by atoms with Gasteiger partial charge in [-0.05, 0) is 19.8 Å². The lowest BCUT2D eigenvalue weighted by Gasteiger charge is -2.30. The summed E-state index contributed by atoms with van der Waals surface area (Å²) < 4.78 is 84.7. The van der Waals surface area contributed by atoms with Crippen LogP contribution in [0.1, 0.15) is 72.1 Å². The van der Waals surface area contributed by atoms with Crippen molar-refractivity contribution >= 4 is 19.7 Å². The van der Waals surface area contributed by atoms with Crippen LogP contribution in [0.4, 0.5) is 13.2 Å². The summed E-state index contributed by atoms with van der Waals surface area (Å²) in [5, 5.41) is 0. The van der Waals surface area contributed by atoms with E-state index in [-0.39, 0.29) is 12.8 Å². The van der Waals surface area contributed by atoms with Gasteiger partial charge < -0.3 is 0 Å². The molecule has 9 heteroatoms. The number of hydrogen-bond donors (Lipinski definition) is 0. The molecule has 0 aliphatic carbocycles. The number of sulfone groups is 2. The molecule has 0 N–H and O–H groups in total. The van der Waals surface area contributed by atoms with Gasteiger partial charge in [-0.3, -0.25) is 0 Å². The summed E-state index contributed by atoms with van der Waals surface area (Å²) in [5.41, 5.74) is -5.58. The van der Waals surface area contributed by atoms with Crippen molar-refractivity contribution in [3.05, 3.63) is 0 Å². The highest BCUT2D eigenvalue weighted by Crippen LogP contribution is 2.41. The molecular weight excluding hydrogens is 353 g/mol. The molecule has 0 bridgehead atoms. The third-order valence-electron chi connectivity index (χ3n) is 4.03. The molecule has 0 fully saturated rings. The fourth-order valence-corrected chi connectivity index (χ4v) is 6.58. The zero-order valence-corrected chi connectivity index (χ0v) is 15.6. The van der Waals surface area contributed by atoms with Gasteiger partial charge in [0, 0.05) is 0 Å². The maximum Gasteiger partial charge on any atom is 0.498 e. The summed E-state index contributed by atoms with van der Waals surface area (Å²) >= 11 is 0. The van der Waals surface area contributed by atoms with Crippen molar-refractivity contribution in [2.45, 2.75) is 81.7 Å². The van der Waals surface area contributed by atoms with Gasteiger partial charge in [-0.25, -0.2) is 16.8 Å². The van der Waals surface area contributed by atoms with Crippen LogP contribution in [0.25, 0.3) is 0 Å². The Morgan fingerprint density at radius 3 is 1.70 bits per heavy atom. The summed E-state index contributed by atoms with van der Waals surface area (Å²) in [5.74, 6) is -0.537. The van der Waals surface area contributed by atoms with Gasteiger partial charge in [-0.1, -0.05) is 52.4 Å². The molecule has 0 radical (unpaired) electrons. The van der Waals surface area contributed by atoms with Gasteiger partial charge in [0.2, 0.25) is 0 Å². The van der Waals surface area contributed by atoms with E-state index in [9.17, 15) is 30.0 Å². The summed E-state index contributed by atoms with van der Waals surface area (Å²) in [6.07, 6.45) is 3.05. The highest BCUT2D eigenvalue weighted by molar-refractivity contribution is 8.10. The largest absolute Gasteiger partial charge is 0.498 e. The monoisotopic (exact) mass is 380 g/mol. The van der Waals surface area contributed by atoms with Crippen LogP contribution in [0, 0.1) is 0 Å². The van der Waals surface area contributed by atoms with E-state index in [1.165, 1.54) is 0 Å². The quantitative estimate of drug-likeness (QED) is 0.504. The molecule has 0 aromatic heterocycles. The molecule has 23 heavy (non-hydrogen) atoms. The molecule has 0 amide bonds. The van der Waals surface area contributed by atoms with Crippen molar-refractivity contribution in [3.8, 4) is 0 Å². The molecule has 0 heterocycles. The van der Waals surface area contributed by atoms with Crippen LogP contribution in [0.15, 0.2) is 0 Å². The van der Waals surface area contributed by atoms with E-state index in [4.69, 9.17) is 0 Å². The van der Waals surface area contributed by atoms with Crippen molar-refractivity contribution in [2.75, 3.05) is 5.75 Å². The molecule has 140 valence electrons. The van der Waals surface area contributed by atoms with Crippen molar-refractivity contribution in [2.24, 2.45) is 0 Å². The molecular formula is C14H27F3O4S2. The van der Waals surface area contributed by atoms with Gasteiger partial charge in [-0.15, -0.1) is 0 Å². The minimum atomic E-state index is -5.81. The molecule has 0 saturated carbocycles. The Hall–Kier alpha value is -0.310. The van der Waals surface area contributed by atoms with Crippen molar-refractivity contribution in [1.29, 1.82) is 0 Å². The molecule has 0 rings (SSSR count). The number of hydrogen-bond acceptors (Lipinski definition) is 4. The molecule has 0 aromatic rings. The SMILES string of the molecule is CCCCCCS(=O)(=O)C(C)(CCCCC)S(=O)(=O)C(F)(F)F. The summed E-state index contributed by atoms with van der Waals surface area (Å²) in [4.78, 5) is 0. The zero-order valence-electron chi connectivity index (χ0n) is 13.9. The van der Waals surface area contributed by atoms with Crippen LogP contribution >= 0.6 is 0 Å². The van der Waals surface area contributed by atoms with Crippen LogP contribution in [0.3, 0.4) is 0 Å². The molecule has 0 aliphatic heterocycles. The molecule has 0 aliphatic rings. The lowest BCUT2D eigenvalue weighted by molar-refractivity contribution is -0.0449. The standard InChI is InChI=1S/C14H27F3O4S2/c1-4-6-8-10-12-22(18,19)13(3,11-9-7-5-2)23(20,21)14(15,16)17/h4-12H2,1-3H3. The molecule has 4 nitrogen and oxygen atoms in total. The molecule has 0 aromatic carbocycles. The van der Waals surface area contributed by atoms with Crippen molar-refractivity contribution in [1.82, 2.24) is 0 Å². The highest BCUT2D eigenvalue weighted by atomic mass is 32.3. The zero-order chi connectivity index (χ0) is 18.4. The average Bonchev–Trinajstić information content (AvgIpc) is 2.42. The number of alkyl halides is 3. The topological polar surface area (TPSA) is 68.3 Å². The van der Waals surface area contributed by atoms with E-state index in [1.54, 1.807) is 6.92 Å². The summed E-state index contributed by atoms with van der Waals surface area (Å²) in [6, 6.07) is 0. The minimum absolute atomic E-state index is 0.122. The molecule has 1 unspecified atom stereocenters. The van der Waals surface area contributed by atoms with Crippen LogP contribution < -0.4 is 0 Å². The van der Waals surface area contributed by atoms with Gasteiger partial charge in [0.05, 0.1) is 5.75 Å². The Morgan fingerprint density at radius 2 is 1.26 bits per heavy atom. The molecule has 1 atom stereocenters. The summed E-state index contributed by atoms with van der Waals surface area (Å²) in [6.45, 7) is 4.42. The van der Waals surface area contributed by atoms with E-state index < -0.39 is 41.4 Å². The first-order valence-corrected chi connectivity index (χ1v) is 11.0. The third-order valence-corrected chi connectivity index (χ3v) is 9.75. The molecule has 0 spiro atoms. The highest BCUT2D eigenvalue weighted by Gasteiger charge is 2.62. The minimum Gasteiger partial charge on any atom is -0.227 e. The van der Waals surface area contributed by atoms with Crippen molar-refractivity contribution < 1.29 is 30.0 Å². The third kappa shape index (κ3) is 5.34. The van der Waals surface area contributed by atoms with Gasteiger partial charge in [0.25, 0.3) is 9.84 Å². The predicted octanol–water partition coefficient (Wildman–Crippen LogP) is 4.21.